The normalized spacial score (nSPS) is 16.5. The predicted octanol–water partition coefficient (Wildman–Crippen LogP) is 2.91. The number of hydrogen-bond donors (Lipinski definition) is 1. The SMILES string of the molecule is CN(C(=O)c1ccc(Cn2ncc3ccccc32)cc1)[C@@H]1CCN(C(=O)O)C1. The van der Waals surface area contributed by atoms with Crippen LogP contribution in [0.1, 0.15) is 22.3 Å². The molecule has 1 fully saturated rings. The minimum atomic E-state index is -0.932. The van der Waals surface area contributed by atoms with Crippen molar-refractivity contribution in [2.45, 2.75) is 19.0 Å². The van der Waals surface area contributed by atoms with Crippen molar-refractivity contribution in [3.63, 3.8) is 0 Å². The van der Waals surface area contributed by atoms with Crippen molar-refractivity contribution in [3.8, 4) is 0 Å². The van der Waals surface area contributed by atoms with Gasteiger partial charge in [0.15, 0.2) is 0 Å². The largest absolute Gasteiger partial charge is 0.465 e. The molecule has 2 heterocycles. The van der Waals surface area contributed by atoms with E-state index < -0.39 is 6.09 Å². The number of carboxylic acid groups (broad SMARTS) is 1. The van der Waals surface area contributed by atoms with Gasteiger partial charge in [0.25, 0.3) is 5.91 Å². The van der Waals surface area contributed by atoms with E-state index in [1.807, 2.05) is 59.4 Å². The van der Waals surface area contributed by atoms with Gasteiger partial charge in [-0.05, 0) is 30.2 Å². The molecule has 144 valence electrons. The van der Waals surface area contributed by atoms with E-state index in [2.05, 4.69) is 5.10 Å². The molecule has 1 N–H and O–H groups in total. The number of rotatable bonds is 4. The van der Waals surface area contributed by atoms with Crippen molar-refractivity contribution in [3.05, 3.63) is 65.9 Å². The molecule has 3 aromatic rings. The Bertz CT molecular complexity index is 1010. The number of carbonyl (C=O) groups is 2. The molecule has 0 bridgehead atoms. The van der Waals surface area contributed by atoms with Gasteiger partial charge in [-0.25, -0.2) is 4.79 Å². The summed E-state index contributed by atoms with van der Waals surface area (Å²) >= 11 is 0. The van der Waals surface area contributed by atoms with Gasteiger partial charge >= 0.3 is 6.09 Å². The highest BCUT2D eigenvalue weighted by molar-refractivity contribution is 5.94. The molecule has 1 aromatic heterocycles. The quantitative estimate of drug-likeness (QED) is 0.757. The Hall–Kier alpha value is -3.35. The summed E-state index contributed by atoms with van der Waals surface area (Å²) in [6.07, 6.45) is 1.59. The molecule has 28 heavy (non-hydrogen) atoms. The van der Waals surface area contributed by atoms with E-state index in [0.717, 1.165) is 16.5 Å². The third-order valence-corrected chi connectivity index (χ3v) is 5.39. The fourth-order valence-corrected chi connectivity index (χ4v) is 3.68. The molecule has 7 nitrogen and oxygen atoms in total. The maximum Gasteiger partial charge on any atom is 0.407 e. The zero-order valence-corrected chi connectivity index (χ0v) is 15.7. The standard InChI is InChI=1S/C21H22N4O3/c1-23(18-10-11-24(14-18)21(27)28)20(26)16-8-6-15(7-9-16)13-25-19-5-3-2-4-17(19)12-22-25/h2-9,12,18H,10-11,13-14H2,1H3,(H,27,28)/t18-/m1/s1. The average molecular weight is 378 g/mol. The van der Waals surface area contributed by atoms with E-state index in [1.54, 1.807) is 11.9 Å². The van der Waals surface area contributed by atoms with E-state index >= 15 is 0 Å². The summed E-state index contributed by atoms with van der Waals surface area (Å²) in [7, 11) is 1.74. The lowest BCUT2D eigenvalue weighted by molar-refractivity contribution is 0.0732. The first-order chi connectivity index (χ1) is 13.5. The van der Waals surface area contributed by atoms with Gasteiger partial charge in [0, 0.05) is 31.1 Å². The second kappa shape index (κ2) is 7.34. The summed E-state index contributed by atoms with van der Waals surface area (Å²) in [4.78, 5) is 26.8. The molecule has 1 saturated heterocycles. The molecule has 1 atom stereocenters. The van der Waals surface area contributed by atoms with Crippen LogP contribution in [0.3, 0.4) is 0 Å². The Morgan fingerprint density at radius 2 is 1.93 bits per heavy atom. The molecule has 2 amide bonds. The molecular formula is C21H22N4O3. The van der Waals surface area contributed by atoms with Crippen LogP contribution in [0.4, 0.5) is 4.79 Å². The first-order valence-corrected chi connectivity index (χ1v) is 9.27. The lowest BCUT2D eigenvalue weighted by Gasteiger charge is -2.24. The van der Waals surface area contributed by atoms with Crippen LogP contribution >= 0.6 is 0 Å². The fraction of sp³-hybridized carbons (Fsp3) is 0.286. The monoisotopic (exact) mass is 378 g/mol. The molecule has 0 radical (unpaired) electrons. The van der Waals surface area contributed by atoms with Crippen LogP contribution in [-0.4, -0.2) is 62.9 Å². The van der Waals surface area contributed by atoms with E-state index in [9.17, 15) is 9.59 Å². The predicted molar refractivity (Wildman–Crippen MR) is 105 cm³/mol. The van der Waals surface area contributed by atoms with Crippen LogP contribution in [-0.2, 0) is 6.54 Å². The van der Waals surface area contributed by atoms with Crippen LogP contribution in [0.2, 0.25) is 0 Å². The zero-order chi connectivity index (χ0) is 19.7. The molecule has 0 aliphatic carbocycles. The molecule has 0 spiro atoms. The fourth-order valence-electron chi connectivity index (χ4n) is 3.68. The van der Waals surface area contributed by atoms with Crippen LogP contribution in [0.5, 0.6) is 0 Å². The highest BCUT2D eigenvalue weighted by atomic mass is 16.4. The van der Waals surface area contributed by atoms with E-state index in [-0.39, 0.29) is 11.9 Å². The van der Waals surface area contributed by atoms with E-state index in [4.69, 9.17) is 5.11 Å². The number of carbonyl (C=O) groups excluding carboxylic acids is 1. The smallest absolute Gasteiger partial charge is 0.407 e. The Balaban J connectivity index is 1.44. The van der Waals surface area contributed by atoms with Crippen LogP contribution < -0.4 is 0 Å². The molecular weight excluding hydrogens is 356 g/mol. The van der Waals surface area contributed by atoms with Crippen molar-refractivity contribution in [1.29, 1.82) is 0 Å². The molecule has 1 aliphatic rings. The molecule has 4 rings (SSSR count). The highest BCUT2D eigenvalue weighted by Crippen LogP contribution is 2.18. The first-order valence-electron chi connectivity index (χ1n) is 9.27. The number of nitrogens with zero attached hydrogens (tertiary/aromatic N) is 4. The average Bonchev–Trinajstić information content (AvgIpc) is 3.36. The Labute approximate surface area is 162 Å². The van der Waals surface area contributed by atoms with Crippen molar-refractivity contribution in [2.24, 2.45) is 0 Å². The number of hydrogen-bond acceptors (Lipinski definition) is 3. The van der Waals surface area contributed by atoms with Gasteiger partial charge in [-0.2, -0.15) is 5.10 Å². The summed E-state index contributed by atoms with van der Waals surface area (Å²) in [6.45, 7) is 1.46. The molecule has 0 saturated carbocycles. The summed E-state index contributed by atoms with van der Waals surface area (Å²) in [5.74, 6) is -0.0895. The third kappa shape index (κ3) is 3.43. The van der Waals surface area contributed by atoms with Crippen molar-refractivity contribution < 1.29 is 14.7 Å². The topological polar surface area (TPSA) is 78.7 Å². The van der Waals surface area contributed by atoms with Crippen molar-refractivity contribution in [2.75, 3.05) is 20.1 Å². The Kier molecular flexibility index (Phi) is 4.73. The van der Waals surface area contributed by atoms with Crippen molar-refractivity contribution >= 4 is 22.9 Å². The first kappa shape index (κ1) is 18.0. The molecule has 1 aliphatic heterocycles. The van der Waals surface area contributed by atoms with Crippen LogP contribution in [0.15, 0.2) is 54.7 Å². The number of aromatic nitrogens is 2. The van der Waals surface area contributed by atoms with Crippen LogP contribution in [0.25, 0.3) is 10.9 Å². The number of benzene rings is 2. The van der Waals surface area contributed by atoms with Gasteiger partial charge in [0.05, 0.1) is 24.3 Å². The lowest BCUT2D eigenvalue weighted by Crippen LogP contribution is -2.39. The highest BCUT2D eigenvalue weighted by Gasteiger charge is 2.31. The van der Waals surface area contributed by atoms with Gasteiger partial charge in [-0.3, -0.25) is 9.48 Å². The second-order valence-electron chi connectivity index (χ2n) is 7.15. The summed E-state index contributed by atoms with van der Waals surface area (Å²) in [5.41, 5.74) is 2.74. The number of para-hydroxylation sites is 1. The van der Waals surface area contributed by atoms with Gasteiger partial charge in [0.2, 0.25) is 0 Å². The minimum absolute atomic E-state index is 0.0845. The van der Waals surface area contributed by atoms with E-state index in [0.29, 0.717) is 31.6 Å². The summed E-state index contributed by atoms with van der Waals surface area (Å²) < 4.78 is 1.94. The van der Waals surface area contributed by atoms with Gasteiger partial charge < -0.3 is 14.9 Å². The van der Waals surface area contributed by atoms with Crippen molar-refractivity contribution in [1.82, 2.24) is 19.6 Å². The second-order valence-corrected chi connectivity index (χ2v) is 7.15. The zero-order valence-electron chi connectivity index (χ0n) is 15.7. The molecule has 7 heteroatoms. The number of likely N-dealkylation sites (tertiary alicyclic amines) is 1. The molecule has 2 aromatic carbocycles. The van der Waals surface area contributed by atoms with Crippen LogP contribution in [0, 0.1) is 0 Å². The third-order valence-electron chi connectivity index (χ3n) is 5.39. The maximum absolute atomic E-state index is 12.8. The van der Waals surface area contributed by atoms with Gasteiger partial charge in [-0.15, -0.1) is 0 Å². The summed E-state index contributed by atoms with van der Waals surface area (Å²) in [5, 5.41) is 14.6. The molecule has 0 unspecified atom stereocenters. The van der Waals surface area contributed by atoms with Gasteiger partial charge in [-0.1, -0.05) is 30.3 Å². The number of likely N-dealkylation sites (N-methyl/N-ethyl adjacent to an activating group) is 1. The Morgan fingerprint density at radius 1 is 1.18 bits per heavy atom. The number of fused-ring (bicyclic) bond motifs is 1. The number of amides is 2. The minimum Gasteiger partial charge on any atom is -0.465 e. The summed E-state index contributed by atoms with van der Waals surface area (Å²) in [6, 6.07) is 15.5. The van der Waals surface area contributed by atoms with E-state index in [1.165, 1.54) is 4.90 Å². The Morgan fingerprint density at radius 3 is 2.64 bits per heavy atom. The van der Waals surface area contributed by atoms with Gasteiger partial charge in [0.1, 0.15) is 0 Å². The lowest BCUT2D eigenvalue weighted by atomic mass is 10.1. The maximum atomic E-state index is 12.8.